The summed E-state index contributed by atoms with van der Waals surface area (Å²) < 4.78 is 0. The lowest BCUT2D eigenvalue weighted by Crippen LogP contribution is -2.45. The van der Waals surface area contributed by atoms with Crippen LogP contribution in [0.4, 0.5) is 0 Å². The molecule has 0 aliphatic carbocycles. The summed E-state index contributed by atoms with van der Waals surface area (Å²) in [7, 11) is 0. The van der Waals surface area contributed by atoms with Crippen molar-refractivity contribution in [2.24, 2.45) is 0 Å². The molecule has 4 rings (SSSR count). The molecule has 0 bridgehead atoms. The number of nitrogens with zero attached hydrogens (tertiary/aromatic N) is 3. The number of fused-ring (bicyclic) bond motifs is 1. The van der Waals surface area contributed by atoms with Gasteiger partial charge >= 0.3 is 0 Å². The Bertz CT molecular complexity index is 996. The Labute approximate surface area is 156 Å². The van der Waals surface area contributed by atoms with Crippen molar-refractivity contribution < 1.29 is 4.79 Å². The summed E-state index contributed by atoms with van der Waals surface area (Å²) in [6.45, 7) is 2.26. The average Bonchev–Trinajstić information content (AvgIpc) is 2.72. The monoisotopic (exact) mass is 363 g/mol. The molecule has 1 saturated heterocycles. The van der Waals surface area contributed by atoms with Gasteiger partial charge in [0.25, 0.3) is 5.91 Å². The van der Waals surface area contributed by atoms with Crippen LogP contribution >= 0.6 is 0 Å². The van der Waals surface area contributed by atoms with Crippen molar-refractivity contribution >= 4 is 16.9 Å². The number of hydrogen-bond acceptors (Lipinski definition) is 5. The highest BCUT2D eigenvalue weighted by Gasteiger charge is 2.27. The van der Waals surface area contributed by atoms with E-state index >= 15 is 0 Å². The first kappa shape index (κ1) is 17.4. The van der Waals surface area contributed by atoms with Crippen molar-refractivity contribution in [3.8, 4) is 0 Å². The summed E-state index contributed by atoms with van der Waals surface area (Å²) in [5.74, 6) is -0.0619. The minimum atomic E-state index is -0.208. The molecule has 0 radical (unpaired) electrons. The Balaban J connectivity index is 1.66. The molecule has 138 valence electrons. The first-order chi connectivity index (χ1) is 13.2. The molecule has 0 spiro atoms. The van der Waals surface area contributed by atoms with E-state index in [1.165, 1.54) is 12.3 Å². The van der Waals surface area contributed by atoms with Gasteiger partial charge < -0.3 is 15.2 Å². The Morgan fingerprint density at radius 2 is 2.00 bits per heavy atom. The molecule has 1 amide bonds. The summed E-state index contributed by atoms with van der Waals surface area (Å²) in [6.07, 6.45) is 5.10. The summed E-state index contributed by atoms with van der Waals surface area (Å²) in [6, 6.07) is 10.8. The minimum absolute atomic E-state index is 0.0619. The van der Waals surface area contributed by atoms with E-state index in [2.05, 4.69) is 20.3 Å². The van der Waals surface area contributed by atoms with Crippen LogP contribution in [-0.4, -0.2) is 44.9 Å². The van der Waals surface area contributed by atoms with Gasteiger partial charge in [0.2, 0.25) is 5.56 Å². The van der Waals surface area contributed by atoms with Crippen LogP contribution in [0.5, 0.6) is 0 Å². The Morgan fingerprint density at radius 1 is 1.15 bits per heavy atom. The van der Waals surface area contributed by atoms with Crippen LogP contribution in [0.1, 0.15) is 28.9 Å². The van der Waals surface area contributed by atoms with Gasteiger partial charge in [0.1, 0.15) is 5.65 Å². The van der Waals surface area contributed by atoms with Gasteiger partial charge in [-0.05, 0) is 50.2 Å². The van der Waals surface area contributed by atoms with E-state index in [0.29, 0.717) is 17.8 Å². The maximum Gasteiger partial charge on any atom is 0.256 e. The maximum absolute atomic E-state index is 13.3. The summed E-state index contributed by atoms with van der Waals surface area (Å²) in [5.41, 5.74) is 1.66. The SMILES string of the molecule is O=C(c1cnc2[nH]c(=O)ccc2c1)N(Cc1ccccn1)C1CCNCC1. The van der Waals surface area contributed by atoms with E-state index in [0.717, 1.165) is 37.0 Å². The highest BCUT2D eigenvalue weighted by Crippen LogP contribution is 2.19. The standard InChI is InChI=1S/C20H21N5O2/c26-18-5-4-14-11-15(12-23-19(14)24-18)20(27)25(17-6-9-21-10-7-17)13-16-3-1-2-8-22-16/h1-5,8,11-12,17,21H,6-7,9-10,13H2,(H,23,24,26). The summed E-state index contributed by atoms with van der Waals surface area (Å²) in [4.78, 5) is 38.0. The van der Waals surface area contributed by atoms with Gasteiger partial charge in [-0.25, -0.2) is 4.98 Å². The number of H-pyrrole nitrogens is 1. The molecule has 2 N–H and O–H groups in total. The quantitative estimate of drug-likeness (QED) is 0.736. The van der Waals surface area contributed by atoms with Gasteiger partial charge in [0.05, 0.1) is 17.8 Å². The minimum Gasteiger partial charge on any atom is -0.330 e. The van der Waals surface area contributed by atoms with Crippen molar-refractivity contribution in [1.29, 1.82) is 0 Å². The predicted octanol–water partition coefficient (Wildman–Crippen LogP) is 1.71. The Morgan fingerprint density at radius 3 is 2.78 bits per heavy atom. The third-order valence-corrected chi connectivity index (χ3v) is 4.89. The third-order valence-electron chi connectivity index (χ3n) is 4.89. The molecule has 7 nitrogen and oxygen atoms in total. The van der Waals surface area contributed by atoms with Gasteiger partial charge in [-0.3, -0.25) is 14.6 Å². The Kier molecular flexibility index (Phi) is 4.93. The lowest BCUT2D eigenvalue weighted by atomic mass is 10.0. The van der Waals surface area contributed by atoms with Crippen LogP contribution < -0.4 is 10.9 Å². The molecular weight excluding hydrogens is 342 g/mol. The van der Waals surface area contributed by atoms with Gasteiger partial charge in [-0.1, -0.05) is 6.07 Å². The summed E-state index contributed by atoms with van der Waals surface area (Å²) >= 11 is 0. The number of aromatic nitrogens is 3. The number of nitrogens with one attached hydrogen (secondary N) is 2. The third kappa shape index (κ3) is 3.88. The predicted molar refractivity (Wildman–Crippen MR) is 102 cm³/mol. The second-order valence-electron chi connectivity index (χ2n) is 6.72. The summed E-state index contributed by atoms with van der Waals surface area (Å²) in [5, 5.41) is 4.08. The molecule has 7 heteroatoms. The van der Waals surface area contributed by atoms with E-state index in [1.807, 2.05) is 23.1 Å². The van der Waals surface area contributed by atoms with E-state index in [1.54, 1.807) is 18.3 Å². The topological polar surface area (TPSA) is 91.0 Å². The number of aromatic amines is 1. The average molecular weight is 363 g/mol. The molecule has 0 aromatic carbocycles. The van der Waals surface area contributed by atoms with Crippen LogP contribution in [0.2, 0.25) is 0 Å². The lowest BCUT2D eigenvalue weighted by molar-refractivity contribution is 0.0620. The van der Waals surface area contributed by atoms with Gasteiger partial charge in [0.15, 0.2) is 0 Å². The van der Waals surface area contributed by atoms with Gasteiger partial charge in [-0.15, -0.1) is 0 Å². The number of pyridine rings is 3. The molecule has 4 heterocycles. The smallest absolute Gasteiger partial charge is 0.256 e. The molecule has 0 unspecified atom stereocenters. The zero-order valence-corrected chi connectivity index (χ0v) is 14.9. The first-order valence-electron chi connectivity index (χ1n) is 9.11. The molecule has 1 fully saturated rings. The highest BCUT2D eigenvalue weighted by molar-refractivity contribution is 5.97. The second kappa shape index (κ2) is 7.67. The second-order valence-corrected chi connectivity index (χ2v) is 6.72. The first-order valence-corrected chi connectivity index (χ1v) is 9.11. The van der Waals surface area contributed by atoms with Crippen molar-refractivity contribution in [3.05, 3.63) is 70.4 Å². The molecule has 3 aromatic rings. The Hall–Kier alpha value is -3.06. The highest BCUT2D eigenvalue weighted by atomic mass is 16.2. The van der Waals surface area contributed by atoms with Crippen molar-refractivity contribution in [2.45, 2.75) is 25.4 Å². The molecule has 3 aromatic heterocycles. The molecule has 0 saturated carbocycles. The van der Waals surface area contributed by atoms with Crippen LogP contribution in [0.15, 0.2) is 53.6 Å². The number of amides is 1. The number of piperidine rings is 1. The molecule has 1 aliphatic heterocycles. The lowest BCUT2D eigenvalue weighted by Gasteiger charge is -2.34. The molecule has 27 heavy (non-hydrogen) atoms. The maximum atomic E-state index is 13.3. The van der Waals surface area contributed by atoms with Gasteiger partial charge in [-0.2, -0.15) is 0 Å². The zero-order chi connectivity index (χ0) is 18.6. The van der Waals surface area contributed by atoms with Crippen LogP contribution in [0.3, 0.4) is 0 Å². The van der Waals surface area contributed by atoms with Crippen molar-refractivity contribution in [2.75, 3.05) is 13.1 Å². The van der Waals surface area contributed by atoms with Crippen molar-refractivity contribution in [3.63, 3.8) is 0 Å². The van der Waals surface area contributed by atoms with E-state index < -0.39 is 0 Å². The van der Waals surface area contributed by atoms with Crippen LogP contribution in [0, 0.1) is 0 Å². The fraction of sp³-hybridized carbons (Fsp3) is 0.300. The number of carbonyl (C=O) groups is 1. The molecule has 0 atom stereocenters. The van der Waals surface area contributed by atoms with E-state index in [-0.39, 0.29) is 17.5 Å². The number of rotatable bonds is 4. The van der Waals surface area contributed by atoms with E-state index in [4.69, 9.17) is 0 Å². The van der Waals surface area contributed by atoms with Crippen LogP contribution in [0.25, 0.3) is 11.0 Å². The van der Waals surface area contributed by atoms with Crippen molar-refractivity contribution in [1.82, 2.24) is 25.2 Å². The van der Waals surface area contributed by atoms with Crippen LogP contribution in [-0.2, 0) is 6.54 Å². The molecule has 1 aliphatic rings. The van der Waals surface area contributed by atoms with E-state index in [9.17, 15) is 9.59 Å². The fourth-order valence-electron chi connectivity index (χ4n) is 3.47. The van der Waals surface area contributed by atoms with Gasteiger partial charge in [0, 0.05) is 29.9 Å². The fourth-order valence-corrected chi connectivity index (χ4v) is 3.47. The molecular formula is C20H21N5O2. The normalized spacial score (nSPS) is 15.0. The zero-order valence-electron chi connectivity index (χ0n) is 14.9. The largest absolute Gasteiger partial charge is 0.330 e. The number of hydrogen-bond donors (Lipinski definition) is 2. The number of carbonyl (C=O) groups excluding carboxylic acids is 1.